The van der Waals surface area contributed by atoms with Gasteiger partial charge in [-0.05, 0) is 79.5 Å². The van der Waals surface area contributed by atoms with E-state index >= 15 is 0 Å². The lowest BCUT2D eigenvalue weighted by atomic mass is 9.86. The molecule has 2 unspecified atom stereocenters. The number of aliphatic hydroxyl groups excluding tert-OH is 1. The molecule has 1 saturated heterocycles. The molecule has 7 nitrogen and oxygen atoms in total. The minimum absolute atomic E-state index is 0.0785. The van der Waals surface area contributed by atoms with Crippen LogP contribution in [0.25, 0.3) is 0 Å². The lowest BCUT2D eigenvalue weighted by Crippen LogP contribution is -2.38. The first-order valence-corrected chi connectivity index (χ1v) is 15.5. The Kier molecular flexibility index (Phi) is 11.6. The largest absolute Gasteiger partial charge is 0.508 e. The number of alkyl halides is 3. The summed E-state index contributed by atoms with van der Waals surface area (Å²) in [5, 5.41) is 35.7. The number of piperidine rings is 1. The molecule has 0 aliphatic carbocycles. The highest BCUT2D eigenvalue weighted by Crippen LogP contribution is 2.34. The molecule has 43 heavy (non-hydrogen) atoms. The second-order valence-electron chi connectivity index (χ2n) is 10.9. The summed E-state index contributed by atoms with van der Waals surface area (Å²) in [5.74, 6) is 0.573. The summed E-state index contributed by atoms with van der Waals surface area (Å²) in [4.78, 5) is 0.565. The number of rotatable bonds is 13. The number of benzene rings is 3. The summed E-state index contributed by atoms with van der Waals surface area (Å²) < 4.78 is 55.1. The molecule has 1 aliphatic rings. The first-order valence-electron chi connectivity index (χ1n) is 14.4. The highest BCUT2D eigenvalue weighted by atomic mass is 32.2. The van der Waals surface area contributed by atoms with Crippen molar-refractivity contribution < 1.29 is 27.6 Å². The van der Waals surface area contributed by atoms with Crippen LogP contribution in [-0.4, -0.2) is 51.1 Å². The number of nitriles is 1. The topological polar surface area (TPSA) is 109 Å². The van der Waals surface area contributed by atoms with E-state index in [1.54, 1.807) is 24.3 Å². The van der Waals surface area contributed by atoms with E-state index < -0.39 is 34.5 Å². The molecule has 0 saturated carbocycles. The number of hydrogen-bond donors (Lipinski definition) is 4. The van der Waals surface area contributed by atoms with Crippen LogP contribution in [-0.2, 0) is 23.6 Å². The van der Waals surface area contributed by atoms with Crippen molar-refractivity contribution in [3.63, 3.8) is 0 Å². The maximum atomic E-state index is 13.4. The summed E-state index contributed by atoms with van der Waals surface area (Å²) in [7, 11) is -1.36. The Hall–Kier alpha value is -3.43. The molecule has 0 aromatic heterocycles. The summed E-state index contributed by atoms with van der Waals surface area (Å²) in [5.41, 5.74) is -0.0695. The van der Waals surface area contributed by atoms with E-state index in [0.29, 0.717) is 55.5 Å². The second kappa shape index (κ2) is 15.3. The Balaban J connectivity index is 1.35. The summed E-state index contributed by atoms with van der Waals surface area (Å²) in [6.45, 7) is 2.25. The molecule has 230 valence electrons. The monoisotopic (exact) mass is 614 g/mol. The fraction of sp³-hybridized carbons (Fsp3) is 0.406. The van der Waals surface area contributed by atoms with Gasteiger partial charge in [-0.25, -0.2) is 8.51 Å². The zero-order valence-corrected chi connectivity index (χ0v) is 24.6. The van der Waals surface area contributed by atoms with Gasteiger partial charge in [0.15, 0.2) is 0 Å². The molecule has 1 heterocycles. The number of aromatic hydroxyl groups is 1. The number of phenolic OH excluding ortho intramolecular Hbond substituents is 1. The van der Waals surface area contributed by atoms with Crippen molar-refractivity contribution in [1.29, 1.82) is 5.26 Å². The van der Waals surface area contributed by atoms with E-state index in [2.05, 4.69) is 10.6 Å². The molecule has 1 aliphatic heterocycles. The Morgan fingerprint density at radius 1 is 1.05 bits per heavy atom. The van der Waals surface area contributed by atoms with Crippen molar-refractivity contribution >= 4 is 16.7 Å². The molecule has 3 aromatic rings. The van der Waals surface area contributed by atoms with Crippen LogP contribution in [0.5, 0.6) is 5.75 Å². The van der Waals surface area contributed by atoms with Crippen molar-refractivity contribution in [1.82, 2.24) is 9.62 Å². The molecular formula is C32H37F3N4O3S. The first kappa shape index (κ1) is 32.5. The Bertz CT molecular complexity index is 1390. The van der Waals surface area contributed by atoms with Gasteiger partial charge in [0, 0.05) is 38.3 Å². The fourth-order valence-electron chi connectivity index (χ4n) is 5.45. The SMILES string of the molecule is N#Cc1ccc(NCCC(CN[C@@H](O)Cc2ccccc2)CC2CCN(S(=O)c3cccc(O)c3)CC2)cc1C(F)(F)F. The van der Waals surface area contributed by atoms with Gasteiger partial charge in [0.05, 0.1) is 22.1 Å². The molecule has 0 radical (unpaired) electrons. The van der Waals surface area contributed by atoms with Gasteiger partial charge in [-0.2, -0.15) is 18.4 Å². The maximum absolute atomic E-state index is 13.4. The number of nitrogens with one attached hydrogen (secondary N) is 2. The third-order valence-electron chi connectivity index (χ3n) is 7.74. The van der Waals surface area contributed by atoms with Crippen LogP contribution in [0.4, 0.5) is 18.9 Å². The third-order valence-corrected chi connectivity index (χ3v) is 9.23. The second-order valence-corrected chi connectivity index (χ2v) is 12.4. The highest BCUT2D eigenvalue weighted by molar-refractivity contribution is 7.82. The molecule has 11 heteroatoms. The minimum Gasteiger partial charge on any atom is -0.508 e. The summed E-state index contributed by atoms with van der Waals surface area (Å²) in [6.07, 6.45) is -1.73. The average molecular weight is 615 g/mol. The Morgan fingerprint density at radius 3 is 2.47 bits per heavy atom. The van der Waals surface area contributed by atoms with Gasteiger partial charge in [0.25, 0.3) is 0 Å². The van der Waals surface area contributed by atoms with Gasteiger partial charge in [0.2, 0.25) is 0 Å². The van der Waals surface area contributed by atoms with Crippen molar-refractivity contribution in [2.24, 2.45) is 11.8 Å². The van der Waals surface area contributed by atoms with Gasteiger partial charge >= 0.3 is 6.18 Å². The van der Waals surface area contributed by atoms with E-state index in [1.807, 2.05) is 34.6 Å². The van der Waals surface area contributed by atoms with E-state index in [1.165, 1.54) is 18.2 Å². The number of hydrogen-bond acceptors (Lipinski definition) is 6. The molecular weight excluding hydrogens is 577 g/mol. The van der Waals surface area contributed by atoms with Crippen LogP contribution in [0.1, 0.15) is 42.4 Å². The third kappa shape index (κ3) is 9.79. The lowest BCUT2D eigenvalue weighted by molar-refractivity contribution is -0.137. The van der Waals surface area contributed by atoms with Crippen LogP contribution in [0.3, 0.4) is 0 Å². The number of aliphatic hydroxyl groups is 1. The van der Waals surface area contributed by atoms with Crippen LogP contribution in [0.2, 0.25) is 0 Å². The smallest absolute Gasteiger partial charge is 0.417 e. The van der Waals surface area contributed by atoms with E-state index in [4.69, 9.17) is 5.26 Å². The van der Waals surface area contributed by atoms with Gasteiger partial charge in [-0.15, -0.1) is 0 Å². The molecule has 0 bridgehead atoms. The molecule has 4 rings (SSSR count). The van der Waals surface area contributed by atoms with Crippen LogP contribution in [0.15, 0.2) is 77.7 Å². The molecule has 3 aromatic carbocycles. The van der Waals surface area contributed by atoms with Gasteiger partial charge in [-0.1, -0.05) is 36.4 Å². The minimum atomic E-state index is -4.62. The summed E-state index contributed by atoms with van der Waals surface area (Å²) in [6, 6.07) is 21.4. The fourth-order valence-corrected chi connectivity index (χ4v) is 6.70. The molecule has 0 amide bonds. The first-order chi connectivity index (χ1) is 20.6. The number of anilines is 1. The normalized spacial score (nSPS) is 16.7. The summed E-state index contributed by atoms with van der Waals surface area (Å²) >= 11 is 0. The van der Waals surface area contributed by atoms with Crippen LogP contribution < -0.4 is 10.6 Å². The van der Waals surface area contributed by atoms with E-state index in [9.17, 15) is 27.6 Å². The van der Waals surface area contributed by atoms with Crippen molar-refractivity contribution in [3.05, 3.63) is 89.5 Å². The van der Waals surface area contributed by atoms with Gasteiger partial charge in [-0.3, -0.25) is 5.32 Å². The van der Waals surface area contributed by atoms with Crippen molar-refractivity contribution in [2.75, 3.05) is 31.5 Å². The quantitative estimate of drug-likeness (QED) is 0.185. The van der Waals surface area contributed by atoms with E-state index in [-0.39, 0.29) is 11.7 Å². The average Bonchev–Trinajstić information content (AvgIpc) is 3.00. The van der Waals surface area contributed by atoms with Crippen molar-refractivity contribution in [3.8, 4) is 11.8 Å². The zero-order valence-electron chi connectivity index (χ0n) is 23.8. The molecule has 4 N–H and O–H groups in total. The zero-order chi connectivity index (χ0) is 30.8. The molecule has 3 atom stereocenters. The van der Waals surface area contributed by atoms with Crippen molar-refractivity contribution in [2.45, 2.75) is 49.4 Å². The number of halogens is 3. The Labute approximate surface area is 252 Å². The predicted molar refractivity (Wildman–Crippen MR) is 160 cm³/mol. The Morgan fingerprint density at radius 2 is 1.79 bits per heavy atom. The van der Waals surface area contributed by atoms with Crippen LogP contribution >= 0.6 is 0 Å². The maximum Gasteiger partial charge on any atom is 0.417 e. The lowest BCUT2D eigenvalue weighted by Gasteiger charge is -2.33. The number of nitrogens with zero attached hydrogens (tertiary/aromatic N) is 2. The van der Waals surface area contributed by atoms with Gasteiger partial charge < -0.3 is 15.5 Å². The number of phenols is 1. The molecule has 1 fully saturated rings. The predicted octanol–water partition coefficient (Wildman–Crippen LogP) is 5.68. The standard InChI is InChI=1S/C32H37F3N4O3S/c33-32(34,35)30-19-27(10-9-26(30)21-36)37-14-11-25(22-38-31(41)18-23-5-2-1-3-6-23)17-24-12-15-39(16-13-24)43(42)29-8-4-7-28(40)20-29/h1-10,19-20,24-25,31,37-38,40-41H,11-18,22H2/t25?,31-,43?/m0/s1. The molecule has 0 spiro atoms. The van der Waals surface area contributed by atoms with Crippen LogP contribution in [0, 0.1) is 23.2 Å². The highest BCUT2D eigenvalue weighted by Gasteiger charge is 2.34. The van der Waals surface area contributed by atoms with E-state index in [0.717, 1.165) is 30.9 Å². The van der Waals surface area contributed by atoms with Gasteiger partial charge in [0.1, 0.15) is 23.0 Å².